The molecule has 64 valence electrons. The molecule has 5 nitrogen and oxygen atoms in total. The molecule has 11 heavy (non-hydrogen) atoms. The van der Waals surface area contributed by atoms with E-state index in [9.17, 15) is 0 Å². The minimum absolute atomic E-state index is 0. The summed E-state index contributed by atoms with van der Waals surface area (Å²) in [6, 6.07) is 0. The molecule has 0 rings (SSSR count). The average Bonchev–Trinajstić information content (AvgIpc) is 1.12. The Morgan fingerprint density at radius 2 is 1.27 bits per heavy atom. The van der Waals surface area contributed by atoms with Crippen LogP contribution in [0.4, 0.5) is 0 Å². The van der Waals surface area contributed by atoms with E-state index < -0.39 is 13.4 Å². The van der Waals surface area contributed by atoms with Crippen molar-refractivity contribution in [3.05, 3.63) is 0 Å². The third-order valence-corrected chi connectivity index (χ3v) is 0. The van der Waals surface area contributed by atoms with Gasteiger partial charge in [-0.1, -0.05) is 0 Å². The molecule has 0 aliphatic heterocycles. The zero-order chi connectivity index (χ0) is 9.00. The molecular weight excluding hydrogens is 182 g/mol. The van der Waals surface area contributed by atoms with E-state index in [1.54, 1.807) is 20.8 Å². The number of phosphoric acid groups is 1. The van der Waals surface area contributed by atoms with Crippen molar-refractivity contribution in [3.63, 3.8) is 0 Å². The standard InChI is InChI=1S/C4H10O.Na.H3O4P/c1-4(2,3)5;;1-5(2,3)4/h5H,1-3H3;;(H3,1,2,3,4)/q;+1;/p-1. The summed E-state index contributed by atoms with van der Waals surface area (Å²) in [7, 11) is -4.89. The molecule has 0 amide bonds. The maximum Gasteiger partial charge on any atom is 1.00 e. The van der Waals surface area contributed by atoms with Gasteiger partial charge >= 0.3 is 29.6 Å². The van der Waals surface area contributed by atoms with Gasteiger partial charge in [-0.25, -0.2) is 0 Å². The monoisotopic (exact) mass is 194 g/mol. The number of hydrogen-bond donors (Lipinski definition) is 3. The van der Waals surface area contributed by atoms with Crippen LogP contribution in [0, 0.1) is 0 Å². The van der Waals surface area contributed by atoms with Crippen LogP contribution in [0.15, 0.2) is 0 Å². The number of rotatable bonds is 0. The summed E-state index contributed by atoms with van der Waals surface area (Å²) in [5.74, 6) is 0. The number of aliphatic hydroxyl groups is 1. The van der Waals surface area contributed by atoms with E-state index in [0.29, 0.717) is 0 Å². The molecule has 0 atom stereocenters. The Balaban J connectivity index is -0.000000107. The molecule has 7 heteroatoms. The molecular formula is C4H12NaO5P. The minimum Gasteiger partial charge on any atom is -0.756 e. The summed E-state index contributed by atoms with van der Waals surface area (Å²) in [6.07, 6.45) is 0. The summed E-state index contributed by atoms with van der Waals surface area (Å²) in [5.41, 5.74) is -0.500. The predicted molar refractivity (Wildman–Crippen MR) is 34.0 cm³/mol. The van der Waals surface area contributed by atoms with Gasteiger partial charge in [0.05, 0.1) is 5.60 Å². The van der Waals surface area contributed by atoms with Crippen molar-refractivity contribution in [3.8, 4) is 0 Å². The zero-order valence-corrected chi connectivity index (χ0v) is 10.00. The topological polar surface area (TPSA) is 101 Å². The van der Waals surface area contributed by atoms with Crippen molar-refractivity contribution in [1.82, 2.24) is 0 Å². The third-order valence-electron chi connectivity index (χ3n) is 0. The second-order valence-corrected chi connectivity index (χ2v) is 3.64. The number of hydrogen-bond acceptors (Lipinski definition) is 3. The molecule has 0 aromatic heterocycles. The smallest absolute Gasteiger partial charge is 0.756 e. The van der Waals surface area contributed by atoms with Gasteiger partial charge in [-0.3, -0.25) is 4.57 Å². The predicted octanol–water partition coefficient (Wildman–Crippen LogP) is -3.78. The Labute approximate surface area is 88.0 Å². The molecule has 0 saturated heterocycles. The van der Waals surface area contributed by atoms with Crippen LogP contribution < -0.4 is 34.5 Å². The molecule has 0 spiro atoms. The summed E-state index contributed by atoms with van der Waals surface area (Å²) < 4.78 is 8.77. The van der Waals surface area contributed by atoms with E-state index in [0.717, 1.165) is 0 Å². The zero-order valence-electron chi connectivity index (χ0n) is 7.11. The Bertz CT molecular complexity index is 111. The summed E-state index contributed by atoms with van der Waals surface area (Å²) >= 11 is 0. The molecule has 0 radical (unpaired) electrons. The molecule has 0 aliphatic carbocycles. The van der Waals surface area contributed by atoms with Gasteiger partial charge < -0.3 is 19.8 Å². The fraction of sp³-hybridized carbons (Fsp3) is 1.00. The fourth-order valence-corrected chi connectivity index (χ4v) is 0. The largest absolute Gasteiger partial charge is 1.00 e. The normalized spacial score (nSPS) is 10.8. The Morgan fingerprint density at radius 3 is 1.27 bits per heavy atom. The summed E-state index contributed by atoms with van der Waals surface area (Å²) in [6.45, 7) is 5.23. The Morgan fingerprint density at radius 1 is 1.27 bits per heavy atom. The van der Waals surface area contributed by atoms with Gasteiger partial charge in [-0.15, -0.1) is 0 Å². The van der Waals surface area contributed by atoms with Gasteiger partial charge in [-0.05, 0) is 20.8 Å². The molecule has 0 aliphatic rings. The third kappa shape index (κ3) is 795. The van der Waals surface area contributed by atoms with E-state index in [1.807, 2.05) is 0 Å². The first-order valence-corrected chi connectivity index (χ1v) is 4.02. The molecule has 0 saturated carbocycles. The van der Waals surface area contributed by atoms with Crippen LogP contribution in [0.1, 0.15) is 20.8 Å². The van der Waals surface area contributed by atoms with Crippen LogP contribution in [0.3, 0.4) is 0 Å². The Kier molecular flexibility index (Phi) is 10.7. The SMILES string of the molecule is CC(C)(C)O.O=P([O-])(O)O.[Na+]. The van der Waals surface area contributed by atoms with Crippen molar-refractivity contribution in [2.45, 2.75) is 26.4 Å². The van der Waals surface area contributed by atoms with Crippen LogP contribution >= 0.6 is 7.82 Å². The van der Waals surface area contributed by atoms with Crippen molar-refractivity contribution in [2.24, 2.45) is 0 Å². The molecule has 0 fully saturated rings. The van der Waals surface area contributed by atoms with E-state index in [4.69, 9.17) is 24.4 Å². The summed E-state index contributed by atoms with van der Waals surface area (Å²) in [5, 5.41) is 8.52. The van der Waals surface area contributed by atoms with Gasteiger partial charge in [0, 0.05) is 0 Å². The first-order valence-electron chi connectivity index (χ1n) is 2.49. The van der Waals surface area contributed by atoms with Crippen molar-refractivity contribution in [2.75, 3.05) is 0 Å². The molecule has 0 unspecified atom stereocenters. The first-order chi connectivity index (χ1) is 4.00. The first kappa shape index (κ1) is 18.0. The average molecular weight is 194 g/mol. The minimum atomic E-state index is -4.89. The van der Waals surface area contributed by atoms with Crippen LogP contribution in [0.25, 0.3) is 0 Å². The van der Waals surface area contributed by atoms with E-state index in [1.165, 1.54) is 0 Å². The fourth-order valence-electron chi connectivity index (χ4n) is 0. The van der Waals surface area contributed by atoms with Crippen molar-refractivity contribution >= 4 is 7.82 Å². The van der Waals surface area contributed by atoms with E-state index in [2.05, 4.69) is 0 Å². The van der Waals surface area contributed by atoms with E-state index >= 15 is 0 Å². The maximum absolute atomic E-state index is 8.77. The van der Waals surface area contributed by atoms with Crippen LogP contribution in [-0.2, 0) is 4.57 Å². The van der Waals surface area contributed by atoms with Gasteiger partial charge in [-0.2, -0.15) is 0 Å². The molecule has 0 bridgehead atoms. The van der Waals surface area contributed by atoms with E-state index in [-0.39, 0.29) is 29.6 Å². The van der Waals surface area contributed by atoms with Crippen LogP contribution in [0.2, 0.25) is 0 Å². The van der Waals surface area contributed by atoms with Gasteiger partial charge in [0.25, 0.3) is 7.82 Å². The second kappa shape index (κ2) is 6.57. The second-order valence-electron chi connectivity index (χ2n) is 2.66. The van der Waals surface area contributed by atoms with Crippen LogP contribution in [0.5, 0.6) is 0 Å². The molecule has 0 aromatic carbocycles. The summed E-state index contributed by atoms with van der Waals surface area (Å²) in [4.78, 5) is 22.9. The quantitative estimate of drug-likeness (QED) is 0.271. The molecule has 3 N–H and O–H groups in total. The molecule has 0 heterocycles. The maximum atomic E-state index is 8.77. The van der Waals surface area contributed by atoms with Crippen molar-refractivity contribution < 1.29 is 53.9 Å². The van der Waals surface area contributed by atoms with Gasteiger partial charge in [0.15, 0.2) is 0 Å². The van der Waals surface area contributed by atoms with Gasteiger partial charge in [0.2, 0.25) is 0 Å². The Hall–Kier alpha value is 1.07. The van der Waals surface area contributed by atoms with Crippen LogP contribution in [-0.4, -0.2) is 20.5 Å². The molecule has 0 aromatic rings. The van der Waals surface area contributed by atoms with Gasteiger partial charge in [0.1, 0.15) is 0 Å². The van der Waals surface area contributed by atoms with Crippen molar-refractivity contribution in [1.29, 1.82) is 0 Å².